The largest absolute Gasteiger partial charge is 0.481 e. The molecular weight excluding hydrogens is 166 g/mol. The lowest BCUT2D eigenvalue weighted by molar-refractivity contribution is -0.149. The smallest absolute Gasteiger partial charge is 0.323 e. The molecule has 3 atom stereocenters. The first-order valence-electron chi connectivity index (χ1n) is 3.27. The van der Waals surface area contributed by atoms with E-state index in [1.165, 1.54) is 6.92 Å². The Morgan fingerprint density at radius 1 is 1.25 bits per heavy atom. The normalized spacial score (nSPS) is 17.9. The van der Waals surface area contributed by atoms with Crippen molar-refractivity contribution in [1.82, 2.24) is 0 Å². The Hall–Kier alpha value is -1.14. The summed E-state index contributed by atoms with van der Waals surface area (Å²) in [7, 11) is 0. The minimum atomic E-state index is -1.57. The predicted octanol–water partition coefficient (Wildman–Crippen LogP) is -1.52. The fourth-order valence-corrected chi connectivity index (χ4v) is 0.603. The van der Waals surface area contributed by atoms with Gasteiger partial charge < -0.3 is 21.1 Å². The number of hydrogen-bond donors (Lipinski definition) is 4. The standard InChI is InChI=1S/C6H11NO5/c1-2(5(9)10)4(8)3(7)6(11)12/h2-4,8H,7H2,1H3,(H,9,10)(H,11,12)/t2-,3+,4-/m1/s1. The second kappa shape index (κ2) is 4.03. The lowest BCUT2D eigenvalue weighted by atomic mass is 9.99. The number of aliphatic carboxylic acids is 2. The Morgan fingerprint density at radius 3 is 1.92 bits per heavy atom. The van der Waals surface area contributed by atoms with Crippen molar-refractivity contribution in [2.75, 3.05) is 0 Å². The van der Waals surface area contributed by atoms with E-state index in [-0.39, 0.29) is 0 Å². The topological polar surface area (TPSA) is 121 Å². The number of carbonyl (C=O) groups is 2. The Balaban J connectivity index is 4.28. The first kappa shape index (κ1) is 10.9. The monoisotopic (exact) mass is 177 g/mol. The highest BCUT2D eigenvalue weighted by Crippen LogP contribution is 2.06. The molecule has 0 saturated heterocycles. The summed E-state index contributed by atoms with van der Waals surface area (Å²) in [5.41, 5.74) is 4.99. The summed E-state index contributed by atoms with van der Waals surface area (Å²) in [6.45, 7) is 1.19. The van der Waals surface area contributed by atoms with Crippen molar-refractivity contribution < 1.29 is 24.9 Å². The number of hydrogen-bond acceptors (Lipinski definition) is 4. The Bertz CT molecular complexity index is 172. The van der Waals surface area contributed by atoms with Gasteiger partial charge in [0.1, 0.15) is 6.04 Å². The zero-order valence-electron chi connectivity index (χ0n) is 6.47. The molecular formula is C6H11NO5. The van der Waals surface area contributed by atoms with Crippen molar-refractivity contribution >= 4 is 11.9 Å². The summed E-state index contributed by atoms with van der Waals surface area (Å²) in [6.07, 6.45) is -1.57. The Morgan fingerprint density at radius 2 is 1.67 bits per heavy atom. The van der Waals surface area contributed by atoms with Crippen molar-refractivity contribution in [3.05, 3.63) is 0 Å². The molecule has 0 rings (SSSR count). The average Bonchev–Trinajstić information content (AvgIpc) is 2.00. The highest BCUT2D eigenvalue weighted by atomic mass is 16.4. The van der Waals surface area contributed by atoms with E-state index in [1.807, 2.05) is 0 Å². The van der Waals surface area contributed by atoms with E-state index >= 15 is 0 Å². The summed E-state index contributed by atoms with van der Waals surface area (Å²) in [5.74, 6) is -3.88. The van der Waals surface area contributed by atoms with Crippen LogP contribution in [0, 0.1) is 5.92 Å². The minimum Gasteiger partial charge on any atom is -0.481 e. The maximum atomic E-state index is 10.3. The van der Waals surface area contributed by atoms with Crippen molar-refractivity contribution in [2.45, 2.75) is 19.1 Å². The van der Waals surface area contributed by atoms with Gasteiger partial charge in [-0.15, -0.1) is 0 Å². The van der Waals surface area contributed by atoms with Crippen molar-refractivity contribution in [3.63, 3.8) is 0 Å². The quantitative estimate of drug-likeness (QED) is 0.414. The van der Waals surface area contributed by atoms with E-state index in [0.29, 0.717) is 0 Å². The molecule has 0 saturated carbocycles. The third kappa shape index (κ3) is 2.48. The number of rotatable bonds is 4. The highest BCUT2D eigenvalue weighted by Gasteiger charge is 2.31. The summed E-state index contributed by atoms with van der Waals surface area (Å²) >= 11 is 0. The second-order valence-electron chi connectivity index (χ2n) is 2.48. The van der Waals surface area contributed by atoms with Crippen LogP contribution in [0.4, 0.5) is 0 Å². The lowest BCUT2D eigenvalue weighted by Gasteiger charge is -2.18. The maximum absolute atomic E-state index is 10.3. The number of carboxylic acid groups (broad SMARTS) is 2. The summed E-state index contributed by atoms with van der Waals surface area (Å²) in [5, 5.41) is 25.7. The minimum absolute atomic E-state index is 1.18. The van der Waals surface area contributed by atoms with Crippen LogP contribution in [0.5, 0.6) is 0 Å². The van der Waals surface area contributed by atoms with Crippen LogP contribution in [0.3, 0.4) is 0 Å². The third-order valence-corrected chi connectivity index (χ3v) is 1.55. The summed E-state index contributed by atoms with van der Waals surface area (Å²) in [6, 6.07) is -1.56. The molecule has 0 aromatic rings. The van der Waals surface area contributed by atoms with Crippen LogP contribution in [0.15, 0.2) is 0 Å². The number of nitrogens with two attached hydrogens (primary N) is 1. The molecule has 0 aliphatic heterocycles. The highest BCUT2D eigenvalue weighted by molar-refractivity contribution is 5.77. The van der Waals surface area contributed by atoms with Crippen LogP contribution in [0.1, 0.15) is 6.92 Å². The van der Waals surface area contributed by atoms with Crippen LogP contribution < -0.4 is 5.73 Å². The van der Waals surface area contributed by atoms with E-state index in [2.05, 4.69) is 0 Å². The molecule has 0 unspecified atom stereocenters. The van der Waals surface area contributed by atoms with Crippen LogP contribution in [0.25, 0.3) is 0 Å². The van der Waals surface area contributed by atoms with Gasteiger partial charge in [0.05, 0.1) is 12.0 Å². The zero-order valence-corrected chi connectivity index (χ0v) is 6.47. The molecule has 0 fully saturated rings. The van der Waals surface area contributed by atoms with Gasteiger partial charge in [-0.05, 0) is 6.92 Å². The van der Waals surface area contributed by atoms with E-state index in [9.17, 15) is 9.59 Å². The molecule has 0 amide bonds. The first-order chi connectivity index (χ1) is 5.37. The lowest BCUT2D eigenvalue weighted by Crippen LogP contribution is -2.47. The molecule has 0 bridgehead atoms. The number of carboxylic acids is 2. The predicted molar refractivity (Wildman–Crippen MR) is 38.4 cm³/mol. The Labute approximate surface area is 68.6 Å². The van der Waals surface area contributed by atoms with Crippen molar-refractivity contribution in [1.29, 1.82) is 0 Å². The summed E-state index contributed by atoms with van der Waals surface area (Å²) in [4.78, 5) is 20.4. The van der Waals surface area contributed by atoms with Gasteiger partial charge in [-0.3, -0.25) is 9.59 Å². The van der Waals surface area contributed by atoms with Crippen molar-refractivity contribution in [3.8, 4) is 0 Å². The molecule has 0 heterocycles. The van der Waals surface area contributed by atoms with E-state index < -0.39 is 30.0 Å². The second-order valence-corrected chi connectivity index (χ2v) is 2.48. The van der Waals surface area contributed by atoms with Crippen LogP contribution in [0.2, 0.25) is 0 Å². The molecule has 0 aromatic heterocycles. The van der Waals surface area contributed by atoms with Crippen LogP contribution in [-0.2, 0) is 9.59 Å². The average molecular weight is 177 g/mol. The maximum Gasteiger partial charge on any atom is 0.323 e. The van der Waals surface area contributed by atoms with Gasteiger partial charge in [0.2, 0.25) is 0 Å². The van der Waals surface area contributed by atoms with Gasteiger partial charge in [-0.25, -0.2) is 0 Å². The molecule has 70 valence electrons. The molecule has 0 radical (unpaired) electrons. The van der Waals surface area contributed by atoms with E-state index in [1.54, 1.807) is 0 Å². The number of aliphatic hydroxyl groups is 1. The van der Waals surface area contributed by atoms with Crippen LogP contribution >= 0.6 is 0 Å². The molecule has 0 aliphatic carbocycles. The SMILES string of the molecule is C[C@@H](C(=O)O)[C@@H](O)[C@H](N)C(=O)O. The third-order valence-electron chi connectivity index (χ3n) is 1.55. The van der Waals surface area contributed by atoms with Gasteiger partial charge in [0.25, 0.3) is 0 Å². The number of aliphatic hydroxyl groups excluding tert-OH is 1. The van der Waals surface area contributed by atoms with E-state index in [4.69, 9.17) is 21.1 Å². The molecule has 6 heteroatoms. The van der Waals surface area contributed by atoms with Gasteiger partial charge in [0.15, 0.2) is 0 Å². The van der Waals surface area contributed by atoms with Gasteiger partial charge in [-0.1, -0.05) is 0 Å². The first-order valence-corrected chi connectivity index (χ1v) is 3.27. The van der Waals surface area contributed by atoms with Gasteiger partial charge >= 0.3 is 11.9 Å². The zero-order chi connectivity index (χ0) is 9.89. The molecule has 6 nitrogen and oxygen atoms in total. The molecule has 0 aliphatic rings. The van der Waals surface area contributed by atoms with Crippen LogP contribution in [-0.4, -0.2) is 39.4 Å². The van der Waals surface area contributed by atoms with Crippen molar-refractivity contribution in [2.24, 2.45) is 11.7 Å². The van der Waals surface area contributed by atoms with E-state index in [0.717, 1.165) is 0 Å². The molecule has 0 aromatic carbocycles. The van der Waals surface area contributed by atoms with Gasteiger partial charge in [0, 0.05) is 0 Å². The molecule has 0 spiro atoms. The fourth-order valence-electron chi connectivity index (χ4n) is 0.603. The fraction of sp³-hybridized carbons (Fsp3) is 0.667. The Kier molecular flexibility index (Phi) is 3.65. The molecule has 12 heavy (non-hydrogen) atoms. The van der Waals surface area contributed by atoms with Gasteiger partial charge in [-0.2, -0.15) is 0 Å². The summed E-state index contributed by atoms with van der Waals surface area (Å²) < 4.78 is 0. The molecule has 5 N–H and O–H groups in total.